The van der Waals surface area contributed by atoms with E-state index in [1.165, 1.54) is 16.7 Å². The first-order valence-electron chi connectivity index (χ1n) is 7.76. The van der Waals surface area contributed by atoms with Gasteiger partial charge in [0, 0.05) is 12.3 Å². The van der Waals surface area contributed by atoms with Crippen molar-refractivity contribution in [1.82, 2.24) is 4.90 Å². The Morgan fingerprint density at radius 3 is 2.65 bits per heavy atom. The molecule has 0 unspecified atom stereocenters. The Balaban J connectivity index is 1.85. The summed E-state index contributed by atoms with van der Waals surface area (Å²) in [7, 11) is 0. The van der Waals surface area contributed by atoms with E-state index in [1.54, 1.807) is 0 Å². The molecule has 1 heterocycles. The van der Waals surface area contributed by atoms with Crippen molar-refractivity contribution in [3.63, 3.8) is 0 Å². The third kappa shape index (κ3) is 3.41. The van der Waals surface area contributed by atoms with Crippen LogP contribution in [0.2, 0.25) is 0 Å². The molecular formula is C19H20ClNOS. The van der Waals surface area contributed by atoms with Gasteiger partial charge < -0.3 is 4.90 Å². The largest absolute Gasteiger partial charge is 0.324 e. The first-order chi connectivity index (χ1) is 11.1. The highest BCUT2D eigenvalue weighted by molar-refractivity contribution is 7.99. The molecule has 0 aliphatic carbocycles. The highest BCUT2D eigenvalue weighted by atomic mass is 35.5. The summed E-state index contributed by atoms with van der Waals surface area (Å²) in [5.74, 6) is 0.940. The van der Waals surface area contributed by atoms with E-state index >= 15 is 0 Å². The van der Waals surface area contributed by atoms with Gasteiger partial charge in [0.1, 0.15) is 10.8 Å². The lowest BCUT2D eigenvalue weighted by Crippen LogP contribution is -2.33. The van der Waals surface area contributed by atoms with E-state index in [2.05, 4.69) is 32.0 Å². The summed E-state index contributed by atoms with van der Waals surface area (Å²) in [6.07, 6.45) is 0. The van der Waals surface area contributed by atoms with Gasteiger partial charge in [0.05, 0.1) is 0 Å². The number of thioether (sulfide) groups is 1. The number of rotatable bonds is 3. The zero-order valence-electron chi connectivity index (χ0n) is 13.3. The number of benzene rings is 2. The number of amides is 1. The molecule has 120 valence electrons. The molecule has 2 atom stereocenters. The van der Waals surface area contributed by atoms with Crippen molar-refractivity contribution < 1.29 is 4.79 Å². The molecular weight excluding hydrogens is 326 g/mol. The third-order valence-electron chi connectivity index (χ3n) is 4.17. The average molecular weight is 346 g/mol. The van der Waals surface area contributed by atoms with E-state index in [4.69, 9.17) is 11.6 Å². The highest BCUT2D eigenvalue weighted by Gasteiger charge is 2.34. The molecule has 1 amide bonds. The minimum absolute atomic E-state index is 0.00663. The second kappa shape index (κ2) is 6.98. The normalized spacial score (nSPS) is 18.9. The molecule has 1 aliphatic rings. The Hall–Kier alpha value is -1.45. The van der Waals surface area contributed by atoms with E-state index in [0.717, 1.165) is 17.9 Å². The summed E-state index contributed by atoms with van der Waals surface area (Å²) >= 11 is 8.27. The van der Waals surface area contributed by atoms with Crippen LogP contribution in [0.1, 0.15) is 33.0 Å². The maximum Gasteiger partial charge on any atom is 0.246 e. The van der Waals surface area contributed by atoms with Gasteiger partial charge in [-0.15, -0.1) is 23.4 Å². The zero-order valence-corrected chi connectivity index (χ0v) is 14.9. The summed E-state index contributed by atoms with van der Waals surface area (Å²) < 4.78 is 0. The van der Waals surface area contributed by atoms with E-state index in [-0.39, 0.29) is 11.3 Å². The molecule has 1 fully saturated rings. The summed E-state index contributed by atoms with van der Waals surface area (Å²) in [5.41, 5.74) is 4.54. The molecule has 0 saturated carbocycles. The Bertz CT molecular complexity index is 704. The van der Waals surface area contributed by atoms with Crippen LogP contribution in [0.4, 0.5) is 0 Å². The SMILES string of the molecule is Cc1ccc([C@@H]2SCCN2C(=O)[C@@H](Cl)c2ccccc2)c(C)c1. The molecule has 1 aliphatic heterocycles. The molecule has 0 N–H and O–H groups in total. The minimum Gasteiger partial charge on any atom is -0.324 e. The van der Waals surface area contributed by atoms with Crippen molar-refractivity contribution >= 4 is 29.3 Å². The minimum atomic E-state index is -0.622. The highest BCUT2D eigenvalue weighted by Crippen LogP contribution is 2.41. The van der Waals surface area contributed by atoms with Gasteiger partial charge in [-0.25, -0.2) is 0 Å². The van der Waals surface area contributed by atoms with E-state index in [9.17, 15) is 4.79 Å². The topological polar surface area (TPSA) is 20.3 Å². The van der Waals surface area contributed by atoms with Crippen molar-refractivity contribution in [1.29, 1.82) is 0 Å². The van der Waals surface area contributed by atoms with Gasteiger partial charge in [-0.3, -0.25) is 4.79 Å². The van der Waals surface area contributed by atoms with E-state index in [0.29, 0.717) is 0 Å². The number of hydrogen-bond acceptors (Lipinski definition) is 2. The Morgan fingerprint density at radius 2 is 1.96 bits per heavy atom. The van der Waals surface area contributed by atoms with Crippen LogP contribution in [0, 0.1) is 13.8 Å². The van der Waals surface area contributed by atoms with Gasteiger partial charge >= 0.3 is 0 Å². The van der Waals surface area contributed by atoms with Crippen LogP contribution in [0.3, 0.4) is 0 Å². The molecule has 1 saturated heterocycles. The van der Waals surface area contributed by atoms with Crippen LogP contribution in [0.5, 0.6) is 0 Å². The molecule has 0 spiro atoms. The fraction of sp³-hybridized carbons (Fsp3) is 0.316. The third-order valence-corrected chi connectivity index (χ3v) is 5.86. The lowest BCUT2D eigenvalue weighted by molar-refractivity contribution is -0.131. The van der Waals surface area contributed by atoms with Crippen LogP contribution in [0.25, 0.3) is 0 Å². The fourth-order valence-electron chi connectivity index (χ4n) is 2.97. The quantitative estimate of drug-likeness (QED) is 0.740. The molecule has 0 radical (unpaired) electrons. The number of halogens is 1. The Morgan fingerprint density at radius 1 is 1.22 bits per heavy atom. The monoisotopic (exact) mass is 345 g/mol. The number of carbonyl (C=O) groups is 1. The molecule has 23 heavy (non-hydrogen) atoms. The molecule has 3 rings (SSSR count). The van der Waals surface area contributed by atoms with E-state index < -0.39 is 5.38 Å². The fourth-order valence-corrected chi connectivity index (χ4v) is 4.60. The average Bonchev–Trinajstić information content (AvgIpc) is 3.03. The lowest BCUT2D eigenvalue weighted by atomic mass is 10.0. The van der Waals surface area contributed by atoms with Crippen molar-refractivity contribution in [2.45, 2.75) is 24.6 Å². The van der Waals surface area contributed by atoms with Crippen LogP contribution < -0.4 is 0 Å². The van der Waals surface area contributed by atoms with Crippen molar-refractivity contribution in [2.24, 2.45) is 0 Å². The Labute approximate surface area is 146 Å². The van der Waals surface area contributed by atoms with Crippen LogP contribution in [0.15, 0.2) is 48.5 Å². The zero-order chi connectivity index (χ0) is 16.4. The molecule has 2 nitrogen and oxygen atoms in total. The second-order valence-corrected chi connectivity index (χ2v) is 7.51. The predicted molar refractivity (Wildman–Crippen MR) is 97.9 cm³/mol. The van der Waals surface area contributed by atoms with Crippen LogP contribution in [-0.2, 0) is 4.79 Å². The maximum atomic E-state index is 12.9. The molecule has 0 bridgehead atoms. The van der Waals surface area contributed by atoms with Crippen LogP contribution >= 0.6 is 23.4 Å². The first kappa shape index (κ1) is 16.4. The molecule has 4 heteroatoms. The number of carbonyl (C=O) groups excluding carboxylic acids is 1. The number of hydrogen-bond donors (Lipinski definition) is 0. The van der Waals surface area contributed by atoms with Gasteiger partial charge in [-0.2, -0.15) is 0 Å². The molecule has 0 aromatic heterocycles. The van der Waals surface area contributed by atoms with Crippen molar-refractivity contribution in [3.8, 4) is 0 Å². The standard InChI is InChI=1S/C19H20ClNOS/c1-13-8-9-16(14(2)12-13)19-21(10-11-23-19)18(22)17(20)15-6-4-3-5-7-15/h3-9,12,17,19H,10-11H2,1-2H3/t17-,19-/m0/s1. The molecule has 2 aromatic carbocycles. The predicted octanol–water partition coefficient (Wildman–Crippen LogP) is 4.86. The summed E-state index contributed by atoms with van der Waals surface area (Å²) in [4.78, 5) is 14.8. The first-order valence-corrected chi connectivity index (χ1v) is 9.24. The van der Waals surface area contributed by atoms with Gasteiger partial charge in [-0.05, 0) is 30.5 Å². The molecule has 2 aromatic rings. The number of nitrogens with zero attached hydrogens (tertiary/aromatic N) is 1. The Kier molecular flexibility index (Phi) is 4.98. The van der Waals surface area contributed by atoms with Crippen LogP contribution in [-0.4, -0.2) is 23.1 Å². The van der Waals surface area contributed by atoms with Gasteiger partial charge in [0.15, 0.2) is 0 Å². The second-order valence-electron chi connectivity index (χ2n) is 5.89. The number of aryl methyl sites for hydroxylation is 2. The summed E-state index contributed by atoms with van der Waals surface area (Å²) in [5, 5.41) is -0.559. The van der Waals surface area contributed by atoms with Crippen molar-refractivity contribution in [2.75, 3.05) is 12.3 Å². The number of alkyl halides is 1. The van der Waals surface area contributed by atoms with Gasteiger partial charge in [0.25, 0.3) is 0 Å². The smallest absolute Gasteiger partial charge is 0.246 e. The van der Waals surface area contributed by atoms with E-state index in [1.807, 2.05) is 47.0 Å². The van der Waals surface area contributed by atoms with Gasteiger partial charge in [-0.1, -0.05) is 54.1 Å². The summed E-state index contributed by atoms with van der Waals surface area (Å²) in [6, 6.07) is 16.0. The van der Waals surface area contributed by atoms with Crippen molar-refractivity contribution in [3.05, 3.63) is 70.8 Å². The summed E-state index contributed by atoms with van der Waals surface area (Å²) in [6.45, 7) is 4.95. The lowest BCUT2D eigenvalue weighted by Gasteiger charge is -2.27. The van der Waals surface area contributed by atoms with Gasteiger partial charge in [0.2, 0.25) is 5.91 Å². The maximum absolute atomic E-state index is 12.9.